The summed E-state index contributed by atoms with van der Waals surface area (Å²) in [6.07, 6.45) is 2.69. The Balaban J connectivity index is 1.83. The van der Waals surface area contributed by atoms with Gasteiger partial charge in [0.1, 0.15) is 6.61 Å². The lowest BCUT2D eigenvalue weighted by Crippen LogP contribution is -2.43. The minimum absolute atomic E-state index is 0.0630. The molecule has 27 heavy (non-hydrogen) atoms. The van der Waals surface area contributed by atoms with Crippen LogP contribution in [0, 0.1) is 5.92 Å². The van der Waals surface area contributed by atoms with Crippen molar-refractivity contribution in [3.05, 3.63) is 35.4 Å². The highest BCUT2D eigenvalue weighted by Gasteiger charge is 2.28. The Morgan fingerprint density at radius 2 is 1.93 bits per heavy atom. The van der Waals surface area contributed by atoms with Crippen molar-refractivity contribution in [2.45, 2.75) is 32.3 Å². The van der Waals surface area contributed by atoms with E-state index in [1.807, 2.05) is 0 Å². The molecule has 1 atom stereocenters. The number of carbonyl (C=O) groups is 3. The largest absolute Gasteiger partial charge is 0.480 e. The molecule has 0 aliphatic carbocycles. The van der Waals surface area contributed by atoms with Crippen LogP contribution in [0.1, 0.15) is 42.1 Å². The van der Waals surface area contributed by atoms with Crippen molar-refractivity contribution >= 4 is 23.9 Å². The zero-order chi connectivity index (χ0) is 19.8. The van der Waals surface area contributed by atoms with Gasteiger partial charge in [0.2, 0.25) is 5.91 Å². The molecule has 0 radical (unpaired) electrons. The van der Waals surface area contributed by atoms with Crippen LogP contribution >= 0.6 is 0 Å². The quantitative estimate of drug-likeness (QED) is 0.305. The van der Waals surface area contributed by atoms with Gasteiger partial charge in [-0.2, -0.15) is 5.10 Å². The Morgan fingerprint density at radius 1 is 1.30 bits per heavy atom. The third-order valence-corrected chi connectivity index (χ3v) is 4.57. The maximum atomic E-state index is 12.6. The first-order valence-corrected chi connectivity index (χ1v) is 8.89. The lowest BCUT2D eigenvalue weighted by atomic mass is 9.97. The Labute approximate surface area is 158 Å². The molecule has 1 aliphatic heterocycles. The third kappa shape index (κ3) is 6.18. The molecule has 2 rings (SSSR count). The number of ketones is 1. The van der Waals surface area contributed by atoms with Crippen LogP contribution < -0.4 is 5.84 Å². The van der Waals surface area contributed by atoms with Gasteiger partial charge in [-0.15, -0.1) is 0 Å². The number of likely N-dealkylation sites (tertiary alicyclic amines) is 1. The minimum atomic E-state index is -0.996. The van der Waals surface area contributed by atoms with Crippen molar-refractivity contribution in [3.63, 3.8) is 0 Å². The van der Waals surface area contributed by atoms with Crippen LogP contribution in [0.15, 0.2) is 29.4 Å². The van der Waals surface area contributed by atoms with Gasteiger partial charge in [0, 0.05) is 31.0 Å². The van der Waals surface area contributed by atoms with Crippen LogP contribution in [0.2, 0.25) is 0 Å². The van der Waals surface area contributed by atoms with Gasteiger partial charge in [-0.1, -0.05) is 31.2 Å². The third-order valence-electron chi connectivity index (χ3n) is 4.57. The maximum Gasteiger partial charge on any atom is 0.329 e. The van der Waals surface area contributed by atoms with Crippen molar-refractivity contribution in [1.82, 2.24) is 4.90 Å². The summed E-state index contributed by atoms with van der Waals surface area (Å²) in [5.41, 5.74) is 1.34. The van der Waals surface area contributed by atoms with Crippen LogP contribution in [0.25, 0.3) is 0 Å². The fraction of sp³-hybridized carbons (Fsp3) is 0.474. The van der Waals surface area contributed by atoms with Crippen LogP contribution in [-0.2, 0) is 14.3 Å². The summed E-state index contributed by atoms with van der Waals surface area (Å²) >= 11 is 0. The van der Waals surface area contributed by atoms with Crippen LogP contribution in [0.5, 0.6) is 0 Å². The van der Waals surface area contributed by atoms with Gasteiger partial charge in [0.25, 0.3) is 0 Å². The van der Waals surface area contributed by atoms with Gasteiger partial charge >= 0.3 is 5.97 Å². The molecule has 8 nitrogen and oxygen atoms in total. The van der Waals surface area contributed by atoms with Gasteiger partial charge in [0.05, 0.1) is 12.3 Å². The highest BCUT2D eigenvalue weighted by molar-refractivity contribution is 5.99. The zero-order valence-electron chi connectivity index (χ0n) is 15.3. The number of carboxylic acids is 1. The number of aliphatic carboxylic acids is 1. The number of piperidine rings is 1. The molecule has 0 unspecified atom stereocenters. The minimum Gasteiger partial charge on any atom is -0.480 e. The van der Waals surface area contributed by atoms with E-state index in [0.717, 1.165) is 5.56 Å². The Kier molecular flexibility index (Phi) is 7.48. The fourth-order valence-electron chi connectivity index (χ4n) is 3.07. The number of Topliss-reactive ketones (excluding diaryl/α,β-unsaturated/α-hetero) is 1. The number of benzene rings is 1. The number of hydrogen-bond donors (Lipinski definition) is 2. The average Bonchev–Trinajstić information content (AvgIpc) is 2.67. The second-order valence-electron chi connectivity index (χ2n) is 6.66. The van der Waals surface area contributed by atoms with Crippen molar-refractivity contribution in [2.24, 2.45) is 16.9 Å². The van der Waals surface area contributed by atoms with Gasteiger partial charge in [-0.05, 0) is 18.4 Å². The number of ether oxygens (including phenoxy) is 1. The monoisotopic (exact) mass is 375 g/mol. The molecule has 3 N–H and O–H groups in total. The zero-order valence-corrected chi connectivity index (χ0v) is 15.3. The molecule has 146 valence electrons. The molecule has 1 aromatic carbocycles. The summed E-state index contributed by atoms with van der Waals surface area (Å²) in [4.78, 5) is 37.3. The number of hydrazone groups is 1. The predicted octanol–water partition coefficient (Wildman–Crippen LogP) is 1.28. The predicted molar refractivity (Wildman–Crippen MR) is 99.5 cm³/mol. The van der Waals surface area contributed by atoms with Crippen molar-refractivity contribution in [1.29, 1.82) is 0 Å². The summed E-state index contributed by atoms with van der Waals surface area (Å²) in [6.45, 7) is 2.45. The molecule has 1 aromatic rings. The second-order valence-corrected chi connectivity index (χ2v) is 6.66. The van der Waals surface area contributed by atoms with Crippen LogP contribution in [-0.4, -0.2) is 59.7 Å². The molecular weight excluding hydrogens is 350 g/mol. The van der Waals surface area contributed by atoms with Gasteiger partial charge in [0.15, 0.2) is 5.78 Å². The molecule has 8 heteroatoms. The van der Waals surface area contributed by atoms with E-state index in [1.54, 1.807) is 36.1 Å². The summed E-state index contributed by atoms with van der Waals surface area (Å²) in [6, 6.07) is 6.89. The molecule has 1 heterocycles. The number of hydrogen-bond acceptors (Lipinski definition) is 6. The van der Waals surface area contributed by atoms with E-state index in [2.05, 4.69) is 5.10 Å². The van der Waals surface area contributed by atoms with E-state index in [4.69, 9.17) is 15.7 Å². The molecule has 1 saturated heterocycles. The number of carboxylic acid groups (broad SMARTS) is 1. The van der Waals surface area contributed by atoms with Gasteiger partial charge in [-0.25, -0.2) is 4.79 Å². The first kappa shape index (κ1) is 20.6. The van der Waals surface area contributed by atoms with Crippen molar-refractivity contribution in [3.8, 4) is 0 Å². The van der Waals surface area contributed by atoms with E-state index < -0.39 is 11.9 Å². The lowest BCUT2D eigenvalue weighted by molar-refractivity contribution is -0.147. The highest BCUT2D eigenvalue weighted by atomic mass is 16.5. The van der Waals surface area contributed by atoms with Crippen LogP contribution in [0.4, 0.5) is 0 Å². The maximum absolute atomic E-state index is 12.6. The summed E-state index contributed by atoms with van der Waals surface area (Å²) in [5, 5.41) is 12.1. The molecule has 1 fully saturated rings. The first-order chi connectivity index (χ1) is 12.9. The molecule has 1 aliphatic rings. The first-order valence-electron chi connectivity index (χ1n) is 8.89. The van der Waals surface area contributed by atoms with Gasteiger partial charge in [-0.3, -0.25) is 9.59 Å². The average molecular weight is 375 g/mol. The molecule has 0 aromatic heterocycles. The van der Waals surface area contributed by atoms with Gasteiger partial charge < -0.3 is 20.6 Å². The number of amides is 1. The summed E-state index contributed by atoms with van der Waals surface area (Å²) in [5.74, 6) is 3.53. The Bertz CT molecular complexity index is 694. The standard InChI is InChI=1S/C19H25N3O5/c1-13(10-17(23)15-4-2-14(3-5-15)11-21-20)19(26)22-8-6-16(7-9-22)27-12-18(24)25/h2-5,11,13,16H,6-10,12,20H2,1H3,(H,24,25)/t13-/m1/s1. The van der Waals surface area contributed by atoms with Crippen molar-refractivity contribution < 1.29 is 24.2 Å². The van der Waals surface area contributed by atoms with Crippen LogP contribution in [0.3, 0.4) is 0 Å². The van der Waals surface area contributed by atoms with Crippen molar-refractivity contribution in [2.75, 3.05) is 19.7 Å². The molecule has 0 bridgehead atoms. The molecule has 0 saturated carbocycles. The summed E-state index contributed by atoms with van der Waals surface area (Å²) < 4.78 is 5.27. The number of nitrogens with zero attached hydrogens (tertiary/aromatic N) is 2. The van der Waals surface area contributed by atoms with E-state index >= 15 is 0 Å². The Hall–Kier alpha value is -2.74. The number of nitrogens with two attached hydrogens (primary N) is 1. The number of carbonyl (C=O) groups excluding carboxylic acids is 2. The topological polar surface area (TPSA) is 122 Å². The molecule has 1 amide bonds. The highest BCUT2D eigenvalue weighted by Crippen LogP contribution is 2.19. The Morgan fingerprint density at radius 3 is 2.48 bits per heavy atom. The molecular formula is C19H25N3O5. The normalized spacial score (nSPS) is 16.4. The van der Waals surface area contributed by atoms with E-state index in [9.17, 15) is 14.4 Å². The smallest absolute Gasteiger partial charge is 0.329 e. The summed E-state index contributed by atoms with van der Waals surface area (Å²) in [7, 11) is 0. The van der Waals surface area contributed by atoms with E-state index in [-0.39, 0.29) is 30.8 Å². The lowest BCUT2D eigenvalue weighted by Gasteiger charge is -2.33. The van der Waals surface area contributed by atoms with E-state index in [0.29, 0.717) is 31.5 Å². The fourth-order valence-corrected chi connectivity index (χ4v) is 3.07. The number of rotatable bonds is 8. The van der Waals surface area contributed by atoms with E-state index in [1.165, 1.54) is 6.21 Å². The SMILES string of the molecule is C[C@H](CC(=O)c1ccc(C=NN)cc1)C(=O)N1CCC(OCC(=O)O)CC1. The second kappa shape index (κ2) is 9.82. The molecule has 0 spiro atoms.